The maximum atomic E-state index is 12.3. The zero-order chi connectivity index (χ0) is 16.5. The Kier molecular flexibility index (Phi) is 6.87. The molecular formula is C17H25N3O3. The third kappa shape index (κ3) is 5.56. The van der Waals surface area contributed by atoms with Gasteiger partial charge < -0.3 is 20.3 Å². The van der Waals surface area contributed by atoms with Crippen LogP contribution in [0.3, 0.4) is 0 Å². The molecule has 2 rings (SSSR count). The van der Waals surface area contributed by atoms with Crippen molar-refractivity contribution in [2.24, 2.45) is 0 Å². The number of amides is 3. The van der Waals surface area contributed by atoms with E-state index in [0.29, 0.717) is 13.2 Å². The van der Waals surface area contributed by atoms with E-state index in [1.165, 1.54) is 5.56 Å². The van der Waals surface area contributed by atoms with E-state index in [-0.39, 0.29) is 24.6 Å². The Morgan fingerprint density at radius 2 is 2.09 bits per heavy atom. The fourth-order valence-electron chi connectivity index (χ4n) is 2.75. The van der Waals surface area contributed by atoms with E-state index in [9.17, 15) is 9.59 Å². The first-order chi connectivity index (χ1) is 11.2. The molecule has 1 heterocycles. The maximum Gasteiger partial charge on any atom is 0.314 e. The molecule has 3 amide bonds. The number of carbonyl (C=O) groups is 2. The van der Waals surface area contributed by atoms with E-state index >= 15 is 0 Å². The van der Waals surface area contributed by atoms with Gasteiger partial charge in [0.2, 0.25) is 5.91 Å². The number of ether oxygens (including phenoxy) is 1. The van der Waals surface area contributed by atoms with Gasteiger partial charge in [-0.1, -0.05) is 30.3 Å². The van der Waals surface area contributed by atoms with Crippen molar-refractivity contribution < 1.29 is 14.3 Å². The van der Waals surface area contributed by atoms with Gasteiger partial charge in [-0.05, 0) is 24.8 Å². The second-order valence-corrected chi connectivity index (χ2v) is 5.63. The molecule has 1 aliphatic rings. The summed E-state index contributed by atoms with van der Waals surface area (Å²) in [6.07, 6.45) is 2.69. The van der Waals surface area contributed by atoms with E-state index in [1.807, 2.05) is 35.2 Å². The monoisotopic (exact) mass is 319 g/mol. The van der Waals surface area contributed by atoms with Gasteiger partial charge in [-0.25, -0.2) is 4.79 Å². The van der Waals surface area contributed by atoms with Crippen molar-refractivity contribution in [2.75, 3.05) is 33.4 Å². The molecule has 0 bridgehead atoms. The molecule has 1 atom stereocenters. The third-order valence-electron chi connectivity index (χ3n) is 4.03. The second kappa shape index (κ2) is 9.15. The van der Waals surface area contributed by atoms with E-state index in [4.69, 9.17) is 4.74 Å². The zero-order valence-corrected chi connectivity index (χ0v) is 13.6. The third-order valence-corrected chi connectivity index (χ3v) is 4.03. The zero-order valence-electron chi connectivity index (χ0n) is 13.6. The van der Waals surface area contributed by atoms with Gasteiger partial charge in [-0.15, -0.1) is 0 Å². The number of nitrogens with zero attached hydrogens (tertiary/aromatic N) is 1. The SMILES string of the molecule is CNC(=O)NCC1CCCN1C(=O)COCCc1ccccc1. The lowest BCUT2D eigenvalue weighted by Gasteiger charge is -2.24. The molecule has 1 aromatic rings. The summed E-state index contributed by atoms with van der Waals surface area (Å²) < 4.78 is 5.52. The Morgan fingerprint density at radius 1 is 1.30 bits per heavy atom. The molecule has 1 saturated heterocycles. The van der Waals surface area contributed by atoms with Crippen LogP contribution in [0.25, 0.3) is 0 Å². The topological polar surface area (TPSA) is 70.7 Å². The van der Waals surface area contributed by atoms with Crippen molar-refractivity contribution in [3.63, 3.8) is 0 Å². The summed E-state index contributed by atoms with van der Waals surface area (Å²) in [5.74, 6) is -0.000677. The predicted octanol–water partition coefficient (Wildman–Crippen LogP) is 1.17. The standard InChI is InChI=1S/C17H25N3O3/c1-18-17(22)19-12-15-8-5-10-20(15)16(21)13-23-11-9-14-6-3-2-4-7-14/h2-4,6-7,15H,5,8-13H2,1H3,(H2,18,19,22). The van der Waals surface area contributed by atoms with E-state index in [2.05, 4.69) is 10.6 Å². The summed E-state index contributed by atoms with van der Waals surface area (Å²) in [7, 11) is 1.58. The molecule has 1 aliphatic heterocycles. The summed E-state index contributed by atoms with van der Waals surface area (Å²) in [5.41, 5.74) is 1.20. The number of urea groups is 1. The summed E-state index contributed by atoms with van der Waals surface area (Å²) >= 11 is 0. The van der Waals surface area contributed by atoms with Crippen molar-refractivity contribution in [3.8, 4) is 0 Å². The Labute approximate surface area is 137 Å². The maximum absolute atomic E-state index is 12.3. The molecule has 1 unspecified atom stereocenters. The fourth-order valence-corrected chi connectivity index (χ4v) is 2.75. The normalized spacial score (nSPS) is 17.1. The number of benzene rings is 1. The Morgan fingerprint density at radius 3 is 2.83 bits per heavy atom. The molecule has 6 heteroatoms. The molecule has 0 aliphatic carbocycles. The lowest BCUT2D eigenvalue weighted by atomic mass is 10.2. The first-order valence-corrected chi connectivity index (χ1v) is 8.07. The molecule has 1 fully saturated rings. The highest BCUT2D eigenvalue weighted by Crippen LogP contribution is 2.16. The minimum atomic E-state index is -0.219. The fraction of sp³-hybridized carbons (Fsp3) is 0.529. The first-order valence-electron chi connectivity index (χ1n) is 8.07. The van der Waals surface area contributed by atoms with Gasteiger partial charge in [0, 0.05) is 26.2 Å². The highest BCUT2D eigenvalue weighted by atomic mass is 16.5. The average Bonchev–Trinajstić information content (AvgIpc) is 3.06. The van der Waals surface area contributed by atoms with Crippen LogP contribution in [0.5, 0.6) is 0 Å². The van der Waals surface area contributed by atoms with Gasteiger partial charge in [0.15, 0.2) is 0 Å². The van der Waals surface area contributed by atoms with Gasteiger partial charge in [-0.3, -0.25) is 4.79 Å². The molecule has 0 spiro atoms. The van der Waals surface area contributed by atoms with Gasteiger partial charge in [0.05, 0.1) is 6.61 Å². The van der Waals surface area contributed by atoms with Crippen LogP contribution in [0, 0.1) is 0 Å². The predicted molar refractivity (Wildman–Crippen MR) is 88.2 cm³/mol. The largest absolute Gasteiger partial charge is 0.371 e. The summed E-state index contributed by atoms with van der Waals surface area (Å²) in [5, 5.41) is 5.28. The van der Waals surface area contributed by atoms with Gasteiger partial charge in [0.25, 0.3) is 0 Å². The van der Waals surface area contributed by atoms with Crippen LogP contribution >= 0.6 is 0 Å². The number of rotatable bonds is 7. The van der Waals surface area contributed by atoms with E-state index in [1.54, 1.807) is 7.05 Å². The van der Waals surface area contributed by atoms with Gasteiger partial charge >= 0.3 is 6.03 Å². The van der Waals surface area contributed by atoms with Crippen LogP contribution in [-0.2, 0) is 16.0 Å². The Balaban J connectivity index is 1.68. The molecule has 0 radical (unpaired) electrons. The Bertz CT molecular complexity index is 507. The van der Waals surface area contributed by atoms with Crippen molar-refractivity contribution >= 4 is 11.9 Å². The van der Waals surface area contributed by atoms with Crippen LogP contribution < -0.4 is 10.6 Å². The van der Waals surface area contributed by atoms with Crippen LogP contribution in [0.4, 0.5) is 4.79 Å². The minimum Gasteiger partial charge on any atom is -0.371 e. The quantitative estimate of drug-likeness (QED) is 0.741. The first kappa shape index (κ1) is 17.3. The number of carbonyl (C=O) groups excluding carboxylic acids is 2. The molecular weight excluding hydrogens is 294 g/mol. The summed E-state index contributed by atoms with van der Waals surface area (Å²) in [4.78, 5) is 25.3. The van der Waals surface area contributed by atoms with Crippen molar-refractivity contribution in [1.82, 2.24) is 15.5 Å². The van der Waals surface area contributed by atoms with E-state index in [0.717, 1.165) is 25.8 Å². The van der Waals surface area contributed by atoms with Gasteiger partial charge in [0.1, 0.15) is 6.61 Å². The Hall–Kier alpha value is -2.08. The van der Waals surface area contributed by atoms with Crippen molar-refractivity contribution in [3.05, 3.63) is 35.9 Å². The van der Waals surface area contributed by atoms with Crippen molar-refractivity contribution in [2.45, 2.75) is 25.3 Å². The minimum absolute atomic E-state index is 0.000677. The van der Waals surface area contributed by atoms with Crippen LogP contribution in [-0.4, -0.2) is 56.2 Å². The number of hydrogen-bond acceptors (Lipinski definition) is 3. The lowest BCUT2D eigenvalue weighted by molar-refractivity contribution is -0.136. The van der Waals surface area contributed by atoms with Crippen LogP contribution in [0.15, 0.2) is 30.3 Å². The molecule has 6 nitrogen and oxygen atoms in total. The highest BCUT2D eigenvalue weighted by molar-refractivity contribution is 5.78. The van der Waals surface area contributed by atoms with E-state index < -0.39 is 0 Å². The van der Waals surface area contributed by atoms with Crippen LogP contribution in [0.1, 0.15) is 18.4 Å². The number of hydrogen-bond donors (Lipinski definition) is 2. The molecule has 0 aromatic heterocycles. The van der Waals surface area contributed by atoms with Crippen molar-refractivity contribution in [1.29, 1.82) is 0 Å². The number of likely N-dealkylation sites (tertiary alicyclic amines) is 1. The molecule has 126 valence electrons. The average molecular weight is 319 g/mol. The summed E-state index contributed by atoms with van der Waals surface area (Å²) in [6.45, 7) is 1.85. The molecule has 1 aromatic carbocycles. The lowest BCUT2D eigenvalue weighted by Crippen LogP contribution is -2.46. The smallest absolute Gasteiger partial charge is 0.314 e. The second-order valence-electron chi connectivity index (χ2n) is 5.63. The van der Waals surface area contributed by atoms with Crippen LogP contribution in [0.2, 0.25) is 0 Å². The molecule has 23 heavy (non-hydrogen) atoms. The van der Waals surface area contributed by atoms with Gasteiger partial charge in [-0.2, -0.15) is 0 Å². The molecule has 0 saturated carbocycles. The summed E-state index contributed by atoms with van der Waals surface area (Å²) in [6, 6.07) is 9.91. The molecule has 2 N–H and O–H groups in total. The highest BCUT2D eigenvalue weighted by Gasteiger charge is 2.28. The number of nitrogens with one attached hydrogen (secondary N) is 2.